The molecular weight excluding hydrogens is 410 g/mol. The first-order chi connectivity index (χ1) is 15.5. The summed E-state index contributed by atoms with van der Waals surface area (Å²) in [4.78, 5) is 18.8. The predicted octanol–water partition coefficient (Wildman–Crippen LogP) is 1.46. The highest BCUT2D eigenvalue weighted by molar-refractivity contribution is 5.72. The van der Waals surface area contributed by atoms with Crippen molar-refractivity contribution in [2.45, 2.75) is 32.4 Å². The number of benzene rings is 1. The number of esters is 1. The fourth-order valence-electron chi connectivity index (χ4n) is 4.51. The van der Waals surface area contributed by atoms with Crippen LogP contribution >= 0.6 is 0 Å². The van der Waals surface area contributed by atoms with Gasteiger partial charge in [0.25, 0.3) is 0 Å². The molecule has 2 saturated heterocycles. The number of rotatable bonds is 10. The van der Waals surface area contributed by atoms with E-state index in [2.05, 4.69) is 21.6 Å². The molecule has 0 aromatic heterocycles. The van der Waals surface area contributed by atoms with Gasteiger partial charge >= 0.3 is 5.97 Å². The van der Waals surface area contributed by atoms with Crippen molar-refractivity contribution in [3.63, 3.8) is 0 Å². The number of β-amino-alcohol motifs (C(OH)–C–C–N with tert-alkyl or cyclic N) is 1. The molecule has 3 rings (SSSR count). The maximum Gasteiger partial charge on any atom is 0.308 e. The lowest BCUT2D eigenvalue weighted by molar-refractivity contribution is -0.147. The Balaban J connectivity index is 1.45. The third kappa shape index (κ3) is 7.07. The van der Waals surface area contributed by atoms with Crippen molar-refractivity contribution >= 4 is 5.97 Å². The molecule has 1 atom stereocenters. The van der Waals surface area contributed by atoms with Gasteiger partial charge in [-0.2, -0.15) is 0 Å². The molecular formula is C24H39N3O5. The summed E-state index contributed by atoms with van der Waals surface area (Å²) >= 11 is 0. The average molecular weight is 450 g/mol. The summed E-state index contributed by atoms with van der Waals surface area (Å²) in [5.74, 6) is 1.24. The van der Waals surface area contributed by atoms with Gasteiger partial charge in [-0.1, -0.05) is 13.0 Å². The molecule has 1 aromatic carbocycles. The zero-order valence-electron chi connectivity index (χ0n) is 19.8. The first-order valence-corrected chi connectivity index (χ1v) is 11.7. The second kappa shape index (κ2) is 12.4. The average Bonchev–Trinajstić information content (AvgIpc) is 2.83. The third-order valence-electron chi connectivity index (χ3n) is 6.57. The minimum atomic E-state index is -0.538. The molecule has 8 heteroatoms. The lowest BCUT2D eigenvalue weighted by atomic mass is 9.96. The molecule has 1 aromatic rings. The number of aliphatic hydroxyl groups is 1. The number of nitrogens with zero attached hydrogens (tertiary/aromatic N) is 3. The number of likely N-dealkylation sites (N-methyl/N-ethyl adjacent to an activating group) is 1. The van der Waals surface area contributed by atoms with Crippen LogP contribution in [0.15, 0.2) is 18.2 Å². The van der Waals surface area contributed by atoms with Crippen LogP contribution in [0.25, 0.3) is 0 Å². The SMILES string of the molecule is CCN1CCN(C[C@H](O)COc2ccc(CN3CCC(C(=O)OC)CC3)cc2OC)CC1. The largest absolute Gasteiger partial charge is 0.493 e. The molecule has 0 radical (unpaired) electrons. The zero-order chi connectivity index (χ0) is 22.9. The quantitative estimate of drug-likeness (QED) is 0.538. The van der Waals surface area contributed by atoms with Gasteiger partial charge in [-0.15, -0.1) is 0 Å². The van der Waals surface area contributed by atoms with E-state index in [-0.39, 0.29) is 18.5 Å². The lowest BCUT2D eigenvalue weighted by Gasteiger charge is -2.34. The number of hydrogen-bond acceptors (Lipinski definition) is 8. The van der Waals surface area contributed by atoms with Crippen molar-refractivity contribution in [1.82, 2.24) is 14.7 Å². The standard InChI is InChI=1S/C24H39N3O5/c1-4-25-11-13-27(14-12-25)17-21(28)18-32-22-6-5-19(15-23(22)30-2)16-26-9-7-20(8-10-26)24(29)31-3/h5-6,15,20-21,28H,4,7-14,16-18H2,1-3H3/t21-/m0/s1. The van der Waals surface area contributed by atoms with E-state index in [9.17, 15) is 9.90 Å². The summed E-state index contributed by atoms with van der Waals surface area (Å²) in [5, 5.41) is 10.4. The van der Waals surface area contributed by atoms with E-state index < -0.39 is 6.10 Å². The fourth-order valence-corrected chi connectivity index (χ4v) is 4.51. The van der Waals surface area contributed by atoms with Crippen LogP contribution in [-0.4, -0.2) is 105 Å². The minimum Gasteiger partial charge on any atom is -0.493 e. The van der Waals surface area contributed by atoms with Crippen LogP contribution in [0.5, 0.6) is 11.5 Å². The fraction of sp³-hybridized carbons (Fsp3) is 0.708. The van der Waals surface area contributed by atoms with Crippen molar-refractivity contribution in [3.05, 3.63) is 23.8 Å². The molecule has 180 valence electrons. The molecule has 0 bridgehead atoms. The molecule has 2 aliphatic rings. The van der Waals surface area contributed by atoms with Crippen LogP contribution in [-0.2, 0) is 16.1 Å². The Morgan fingerprint density at radius 2 is 1.72 bits per heavy atom. The van der Waals surface area contributed by atoms with Crippen molar-refractivity contribution in [1.29, 1.82) is 0 Å². The van der Waals surface area contributed by atoms with Crippen molar-refractivity contribution in [2.75, 3.05) is 73.2 Å². The normalized spacial score (nSPS) is 20.1. The molecule has 0 unspecified atom stereocenters. The third-order valence-corrected chi connectivity index (χ3v) is 6.57. The van der Waals surface area contributed by atoms with E-state index in [0.717, 1.165) is 70.8 Å². The van der Waals surface area contributed by atoms with Crippen molar-refractivity contribution in [2.24, 2.45) is 5.92 Å². The summed E-state index contributed by atoms with van der Waals surface area (Å²) in [5.41, 5.74) is 1.14. The molecule has 2 aliphatic heterocycles. The first-order valence-electron chi connectivity index (χ1n) is 11.7. The smallest absolute Gasteiger partial charge is 0.308 e. The van der Waals surface area contributed by atoms with Crippen LogP contribution in [0.4, 0.5) is 0 Å². The minimum absolute atomic E-state index is 0.0171. The van der Waals surface area contributed by atoms with Gasteiger partial charge in [0.05, 0.1) is 20.1 Å². The van der Waals surface area contributed by atoms with Crippen LogP contribution < -0.4 is 9.47 Å². The molecule has 0 spiro atoms. The topological polar surface area (TPSA) is 74.7 Å². The van der Waals surface area contributed by atoms with Crippen LogP contribution in [0.3, 0.4) is 0 Å². The van der Waals surface area contributed by atoms with Gasteiger partial charge in [-0.3, -0.25) is 14.6 Å². The van der Waals surface area contributed by atoms with E-state index >= 15 is 0 Å². The molecule has 0 aliphatic carbocycles. The Kier molecular flexibility index (Phi) is 9.59. The van der Waals surface area contributed by atoms with Gasteiger partial charge < -0.3 is 24.2 Å². The van der Waals surface area contributed by atoms with Gasteiger partial charge in [0.2, 0.25) is 0 Å². The monoisotopic (exact) mass is 449 g/mol. The Labute approximate surface area is 192 Å². The van der Waals surface area contributed by atoms with Gasteiger partial charge in [-0.05, 0) is 50.2 Å². The maximum atomic E-state index is 11.7. The molecule has 0 amide bonds. The predicted molar refractivity (Wildman–Crippen MR) is 123 cm³/mol. The molecule has 1 N–H and O–H groups in total. The van der Waals surface area contributed by atoms with E-state index in [1.165, 1.54) is 7.11 Å². The van der Waals surface area contributed by atoms with Gasteiger partial charge in [0, 0.05) is 39.3 Å². The summed E-state index contributed by atoms with van der Waals surface area (Å²) < 4.78 is 16.3. The molecule has 0 saturated carbocycles. The first kappa shape index (κ1) is 24.8. The molecule has 2 fully saturated rings. The highest BCUT2D eigenvalue weighted by Gasteiger charge is 2.25. The number of methoxy groups -OCH3 is 2. The second-order valence-corrected chi connectivity index (χ2v) is 8.76. The highest BCUT2D eigenvalue weighted by atomic mass is 16.5. The Morgan fingerprint density at radius 3 is 2.34 bits per heavy atom. The van der Waals surface area contributed by atoms with Crippen molar-refractivity contribution in [3.8, 4) is 11.5 Å². The number of carbonyl (C=O) groups is 1. The zero-order valence-corrected chi connectivity index (χ0v) is 19.8. The number of aliphatic hydroxyl groups excluding tert-OH is 1. The lowest BCUT2D eigenvalue weighted by Crippen LogP contribution is -2.49. The number of piperazine rings is 1. The van der Waals surface area contributed by atoms with Crippen LogP contribution in [0.1, 0.15) is 25.3 Å². The molecule has 8 nitrogen and oxygen atoms in total. The van der Waals surface area contributed by atoms with Crippen molar-refractivity contribution < 1.29 is 24.1 Å². The number of likely N-dealkylation sites (tertiary alicyclic amines) is 1. The number of carbonyl (C=O) groups excluding carboxylic acids is 1. The van der Waals surface area contributed by atoms with Crippen LogP contribution in [0, 0.1) is 5.92 Å². The number of ether oxygens (including phenoxy) is 3. The van der Waals surface area contributed by atoms with Gasteiger partial charge in [0.1, 0.15) is 12.7 Å². The Bertz CT molecular complexity index is 716. The Morgan fingerprint density at radius 1 is 1.03 bits per heavy atom. The summed E-state index contributed by atoms with van der Waals surface area (Å²) in [6.07, 6.45) is 1.12. The highest BCUT2D eigenvalue weighted by Crippen LogP contribution is 2.29. The second-order valence-electron chi connectivity index (χ2n) is 8.76. The Hall–Kier alpha value is -1.87. The van der Waals surface area contributed by atoms with E-state index in [1.54, 1.807) is 7.11 Å². The van der Waals surface area contributed by atoms with E-state index in [0.29, 0.717) is 18.0 Å². The van der Waals surface area contributed by atoms with Gasteiger partial charge in [-0.25, -0.2) is 0 Å². The van der Waals surface area contributed by atoms with Crippen LogP contribution in [0.2, 0.25) is 0 Å². The molecule has 32 heavy (non-hydrogen) atoms. The summed E-state index contributed by atoms with van der Waals surface area (Å²) in [6.45, 7) is 10.8. The van der Waals surface area contributed by atoms with Gasteiger partial charge in [0.15, 0.2) is 11.5 Å². The molecule has 2 heterocycles. The number of hydrogen-bond donors (Lipinski definition) is 1. The van der Waals surface area contributed by atoms with E-state index in [4.69, 9.17) is 14.2 Å². The van der Waals surface area contributed by atoms with E-state index in [1.807, 2.05) is 18.2 Å². The number of piperidine rings is 1. The summed E-state index contributed by atoms with van der Waals surface area (Å²) in [6, 6.07) is 5.96. The summed E-state index contributed by atoms with van der Waals surface area (Å²) in [7, 11) is 3.09. The maximum absolute atomic E-state index is 11.7.